The lowest BCUT2D eigenvalue weighted by atomic mass is 10.2. The maximum absolute atomic E-state index is 12.3. The average Bonchev–Trinajstić information content (AvgIpc) is 3.18. The third-order valence-corrected chi connectivity index (χ3v) is 5.64. The summed E-state index contributed by atoms with van der Waals surface area (Å²) in [7, 11) is 0. The number of nitrogens with one attached hydrogen (secondary N) is 1. The van der Waals surface area contributed by atoms with Crippen LogP contribution in [0, 0.1) is 10.1 Å². The summed E-state index contributed by atoms with van der Waals surface area (Å²) in [6.07, 6.45) is 1.78. The minimum Gasteiger partial charge on any atom is -0.494 e. The van der Waals surface area contributed by atoms with Crippen LogP contribution in [0.3, 0.4) is 0 Å². The summed E-state index contributed by atoms with van der Waals surface area (Å²) >= 11 is 1.27. The Bertz CT molecular complexity index is 1250. The number of ether oxygens (including phenoxy) is 2. The number of hydrogen-bond donors (Lipinski definition) is 1. The monoisotopic (exact) mass is 475 g/mol. The second kappa shape index (κ2) is 10.7. The van der Waals surface area contributed by atoms with Gasteiger partial charge in [0.15, 0.2) is 5.17 Å². The van der Waals surface area contributed by atoms with E-state index in [-0.39, 0.29) is 18.2 Å². The molecule has 1 heterocycles. The fraction of sp³-hybridized carbons (Fsp3) is 0.120. The quantitative estimate of drug-likeness (QED) is 0.263. The molecule has 0 unspecified atom stereocenters. The highest BCUT2D eigenvalue weighted by molar-refractivity contribution is 8.18. The van der Waals surface area contributed by atoms with Crippen molar-refractivity contribution in [2.45, 2.75) is 13.5 Å². The molecule has 0 atom stereocenters. The summed E-state index contributed by atoms with van der Waals surface area (Å²) in [4.78, 5) is 27.8. The highest BCUT2D eigenvalue weighted by Crippen LogP contribution is 2.29. The number of thioether (sulfide) groups is 1. The van der Waals surface area contributed by atoms with Crippen molar-refractivity contribution in [3.8, 4) is 11.5 Å². The molecule has 0 saturated carbocycles. The van der Waals surface area contributed by atoms with E-state index in [0.29, 0.717) is 28.0 Å². The molecule has 0 radical (unpaired) electrons. The van der Waals surface area contributed by atoms with E-state index in [1.807, 2.05) is 43.3 Å². The standard InChI is InChI=1S/C25H21N3O5S/c1-2-32-21-12-8-19(9-13-21)26-25-27-24(29)23(34-25)15-17-6-10-22(11-7-17)33-16-18-4-3-5-20(14-18)28(30)31/h3-15H,2,16H2,1H3,(H,26,27,29). The Balaban J connectivity index is 1.37. The predicted octanol–water partition coefficient (Wildman–Crippen LogP) is 5.46. The van der Waals surface area contributed by atoms with Crippen molar-refractivity contribution in [2.24, 2.45) is 4.99 Å². The van der Waals surface area contributed by atoms with Gasteiger partial charge in [0, 0.05) is 12.1 Å². The molecule has 0 aliphatic carbocycles. The van der Waals surface area contributed by atoms with Gasteiger partial charge in [-0.25, -0.2) is 4.99 Å². The van der Waals surface area contributed by atoms with Crippen molar-refractivity contribution in [1.29, 1.82) is 0 Å². The molecule has 0 spiro atoms. The van der Waals surface area contributed by atoms with E-state index in [0.717, 1.165) is 17.0 Å². The number of hydrogen-bond acceptors (Lipinski definition) is 7. The fourth-order valence-corrected chi connectivity index (χ4v) is 3.96. The second-order valence-electron chi connectivity index (χ2n) is 7.19. The molecule has 1 aliphatic rings. The van der Waals surface area contributed by atoms with Crippen molar-refractivity contribution < 1.29 is 19.2 Å². The van der Waals surface area contributed by atoms with Gasteiger partial charge in [0.25, 0.3) is 11.6 Å². The van der Waals surface area contributed by atoms with Crippen LogP contribution in [0.2, 0.25) is 0 Å². The largest absolute Gasteiger partial charge is 0.494 e. The molecule has 1 fully saturated rings. The highest BCUT2D eigenvalue weighted by Gasteiger charge is 2.23. The number of non-ortho nitro benzene ring substituents is 1. The van der Waals surface area contributed by atoms with Gasteiger partial charge in [-0.15, -0.1) is 0 Å². The zero-order valence-corrected chi connectivity index (χ0v) is 19.1. The maximum atomic E-state index is 12.3. The van der Waals surface area contributed by atoms with E-state index in [1.54, 1.807) is 30.3 Å². The normalized spacial score (nSPS) is 15.4. The topological polar surface area (TPSA) is 103 Å². The number of rotatable bonds is 8. The van der Waals surface area contributed by atoms with E-state index in [9.17, 15) is 14.9 Å². The van der Waals surface area contributed by atoms with Crippen molar-refractivity contribution in [2.75, 3.05) is 6.61 Å². The Kier molecular flexibility index (Phi) is 7.24. The van der Waals surface area contributed by atoms with Gasteiger partial charge in [0.1, 0.15) is 18.1 Å². The predicted molar refractivity (Wildman–Crippen MR) is 132 cm³/mol. The number of nitro groups is 1. The second-order valence-corrected chi connectivity index (χ2v) is 8.22. The Labute approximate surface area is 200 Å². The number of amides is 1. The lowest BCUT2D eigenvalue weighted by Gasteiger charge is -2.06. The van der Waals surface area contributed by atoms with E-state index >= 15 is 0 Å². The first-order valence-corrected chi connectivity index (χ1v) is 11.3. The van der Waals surface area contributed by atoms with Crippen LogP contribution in [0.1, 0.15) is 18.1 Å². The molecule has 3 aromatic rings. The van der Waals surface area contributed by atoms with Gasteiger partial charge in [0.2, 0.25) is 0 Å². The number of amidine groups is 1. The Morgan fingerprint density at radius 1 is 1.03 bits per heavy atom. The van der Waals surface area contributed by atoms with Crippen molar-refractivity contribution in [3.63, 3.8) is 0 Å². The third kappa shape index (κ3) is 6.02. The zero-order chi connectivity index (χ0) is 23.9. The number of carbonyl (C=O) groups excluding carboxylic acids is 1. The third-order valence-electron chi connectivity index (χ3n) is 4.73. The molecular weight excluding hydrogens is 454 g/mol. The van der Waals surface area contributed by atoms with Gasteiger partial charge in [0.05, 0.1) is 22.1 Å². The van der Waals surface area contributed by atoms with E-state index < -0.39 is 4.92 Å². The number of aliphatic imine (C=N–C) groups is 1. The average molecular weight is 476 g/mol. The fourth-order valence-electron chi connectivity index (χ4n) is 3.12. The van der Waals surface area contributed by atoms with Crippen LogP contribution in [-0.2, 0) is 11.4 Å². The maximum Gasteiger partial charge on any atom is 0.269 e. The molecule has 8 nitrogen and oxygen atoms in total. The first kappa shape index (κ1) is 23.1. The molecule has 3 aromatic carbocycles. The molecule has 34 heavy (non-hydrogen) atoms. The van der Waals surface area contributed by atoms with Gasteiger partial charge < -0.3 is 14.8 Å². The number of nitrogens with zero attached hydrogens (tertiary/aromatic N) is 2. The number of benzene rings is 3. The SMILES string of the molecule is CCOc1ccc(N=C2NC(=O)C(=Cc3ccc(OCc4cccc([N+](=O)[O-])c4)cc3)S2)cc1. The van der Waals surface area contributed by atoms with Crippen LogP contribution in [0.25, 0.3) is 6.08 Å². The molecule has 0 aromatic heterocycles. The summed E-state index contributed by atoms with van der Waals surface area (Å²) < 4.78 is 11.1. The lowest BCUT2D eigenvalue weighted by molar-refractivity contribution is -0.384. The van der Waals surface area contributed by atoms with Gasteiger partial charge in [-0.2, -0.15) is 0 Å². The molecule has 1 N–H and O–H groups in total. The van der Waals surface area contributed by atoms with Gasteiger partial charge >= 0.3 is 0 Å². The van der Waals surface area contributed by atoms with E-state index in [4.69, 9.17) is 9.47 Å². The van der Waals surface area contributed by atoms with Crippen molar-refractivity contribution in [1.82, 2.24) is 5.32 Å². The molecule has 172 valence electrons. The zero-order valence-electron chi connectivity index (χ0n) is 18.3. The number of nitro benzene ring substituents is 1. The first-order chi connectivity index (χ1) is 16.5. The van der Waals surface area contributed by atoms with Crippen LogP contribution < -0.4 is 14.8 Å². The molecule has 4 rings (SSSR count). The summed E-state index contributed by atoms with van der Waals surface area (Å²) in [5, 5.41) is 14.2. The van der Waals surface area contributed by atoms with E-state index in [2.05, 4.69) is 10.3 Å². The Hall–Kier alpha value is -4.11. The summed E-state index contributed by atoms with van der Waals surface area (Å²) in [5.74, 6) is 1.18. The van der Waals surface area contributed by atoms with Crippen molar-refractivity contribution >= 4 is 40.3 Å². The van der Waals surface area contributed by atoms with E-state index in [1.165, 1.54) is 23.9 Å². The lowest BCUT2D eigenvalue weighted by Crippen LogP contribution is -2.19. The van der Waals surface area contributed by atoms with Crippen LogP contribution in [0.15, 0.2) is 82.7 Å². The summed E-state index contributed by atoms with van der Waals surface area (Å²) in [5.41, 5.74) is 2.29. The molecule has 1 amide bonds. The minimum absolute atomic E-state index is 0.0286. The van der Waals surface area contributed by atoms with Gasteiger partial charge in [-0.05, 0) is 72.3 Å². The van der Waals surface area contributed by atoms with Crippen LogP contribution >= 0.6 is 11.8 Å². The molecule has 0 bridgehead atoms. The highest BCUT2D eigenvalue weighted by atomic mass is 32.2. The van der Waals surface area contributed by atoms with Crippen LogP contribution in [-0.4, -0.2) is 22.6 Å². The van der Waals surface area contributed by atoms with Crippen LogP contribution in [0.4, 0.5) is 11.4 Å². The molecule has 1 saturated heterocycles. The smallest absolute Gasteiger partial charge is 0.269 e. The Morgan fingerprint density at radius 3 is 2.44 bits per heavy atom. The van der Waals surface area contributed by atoms with Gasteiger partial charge in [-0.3, -0.25) is 14.9 Å². The van der Waals surface area contributed by atoms with Crippen molar-refractivity contribution in [3.05, 3.63) is 98.9 Å². The van der Waals surface area contributed by atoms with Gasteiger partial charge in [-0.1, -0.05) is 24.3 Å². The molecular formula is C25H21N3O5S. The minimum atomic E-state index is -0.433. The molecule has 1 aliphatic heterocycles. The van der Waals surface area contributed by atoms with Crippen LogP contribution in [0.5, 0.6) is 11.5 Å². The first-order valence-electron chi connectivity index (χ1n) is 10.5. The molecule has 9 heteroatoms. The summed E-state index contributed by atoms with van der Waals surface area (Å²) in [6, 6.07) is 20.9. The summed E-state index contributed by atoms with van der Waals surface area (Å²) in [6.45, 7) is 2.73. The Morgan fingerprint density at radius 2 is 1.74 bits per heavy atom. The number of carbonyl (C=O) groups is 1.